The second kappa shape index (κ2) is 6.68. The molecule has 0 unspecified atom stereocenters. The predicted octanol–water partition coefficient (Wildman–Crippen LogP) is 0.199. The molecule has 0 spiro atoms. The molecule has 1 atom stereocenters. The molecule has 1 N–H and O–H groups in total. The summed E-state index contributed by atoms with van der Waals surface area (Å²) in [6, 6.07) is 5.37. The van der Waals surface area contributed by atoms with Gasteiger partial charge < -0.3 is 10.0 Å². The molecule has 2 saturated heterocycles. The average molecular weight is 357 g/mol. The van der Waals surface area contributed by atoms with E-state index in [9.17, 15) is 17.9 Å². The highest BCUT2D eigenvalue weighted by Crippen LogP contribution is 2.29. The van der Waals surface area contributed by atoms with Crippen LogP contribution in [0, 0.1) is 5.82 Å². The van der Waals surface area contributed by atoms with Crippen molar-refractivity contribution >= 4 is 10.0 Å². The van der Waals surface area contributed by atoms with Gasteiger partial charge in [0.05, 0.1) is 5.60 Å². The first-order valence-corrected chi connectivity index (χ1v) is 9.62. The second-order valence-corrected chi connectivity index (χ2v) is 8.73. The van der Waals surface area contributed by atoms with Crippen LogP contribution in [0.2, 0.25) is 0 Å². The maximum atomic E-state index is 13.9. The molecule has 2 fully saturated rings. The van der Waals surface area contributed by atoms with Crippen molar-refractivity contribution in [1.82, 2.24) is 14.1 Å². The van der Waals surface area contributed by atoms with Gasteiger partial charge in [0.1, 0.15) is 10.7 Å². The van der Waals surface area contributed by atoms with E-state index in [-0.39, 0.29) is 18.0 Å². The van der Waals surface area contributed by atoms with E-state index in [1.54, 1.807) is 0 Å². The second-order valence-electron chi connectivity index (χ2n) is 6.82. The van der Waals surface area contributed by atoms with E-state index in [0.29, 0.717) is 13.0 Å². The summed E-state index contributed by atoms with van der Waals surface area (Å²) in [4.78, 5) is 4.07. The smallest absolute Gasteiger partial charge is 0.246 e. The van der Waals surface area contributed by atoms with Gasteiger partial charge in [0, 0.05) is 45.8 Å². The lowest BCUT2D eigenvalue weighted by atomic mass is 10.0. The number of nitrogens with zero attached hydrogens (tertiary/aromatic N) is 3. The lowest BCUT2D eigenvalue weighted by molar-refractivity contribution is 0.00423. The third-order valence-electron chi connectivity index (χ3n) is 4.87. The highest BCUT2D eigenvalue weighted by Gasteiger charge is 2.43. The van der Waals surface area contributed by atoms with Gasteiger partial charge in [-0.3, -0.25) is 4.90 Å². The summed E-state index contributed by atoms with van der Waals surface area (Å²) in [5.74, 6) is -0.757. The first-order chi connectivity index (χ1) is 11.3. The maximum absolute atomic E-state index is 13.9. The minimum absolute atomic E-state index is 0.00993. The molecule has 134 valence electrons. The topological polar surface area (TPSA) is 64.1 Å². The van der Waals surface area contributed by atoms with E-state index in [1.807, 2.05) is 0 Å². The molecule has 0 bridgehead atoms. The Labute approximate surface area is 142 Å². The van der Waals surface area contributed by atoms with Crippen LogP contribution in [0.15, 0.2) is 29.2 Å². The zero-order valence-electron chi connectivity index (χ0n) is 13.9. The van der Waals surface area contributed by atoms with Gasteiger partial charge >= 0.3 is 0 Å². The summed E-state index contributed by atoms with van der Waals surface area (Å²) in [6.07, 6.45) is 0.368. The lowest BCUT2D eigenvalue weighted by Gasteiger charge is -2.36. The van der Waals surface area contributed by atoms with Crippen LogP contribution < -0.4 is 0 Å². The Morgan fingerprint density at radius 2 is 1.83 bits per heavy atom. The monoisotopic (exact) mass is 357 g/mol. The van der Waals surface area contributed by atoms with Gasteiger partial charge in [-0.2, -0.15) is 4.31 Å². The van der Waals surface area contributed by atoms with Gasteiger partial charge in [0.25, 0.3) is 0 Å². The number of hydrogen-bond donors (Lipinski definition) is 1. The Balaban J connectivity index is 1.69. The molecule has 1 aromatic carbocycles. The Hall–Kier alpha value is -1.06. The average Bonchev–Trinajstić information content (AvgIpc) is 2.93. The summed E-state index contributed by atoms with van der Waals surface area (Å²) in [5.41, 5.74) is -1.08. The highest BCUT2D eigenvalue weighted by molar-refractivity contribution is 7.89. The number of hydrogen-bond acceptors (Lipinski definition) is 5. The van der Waals surface area contributed by atoms with Crippen LogP contribution in [-0.2, 0) is 10.0 Å². The Morgan fingerprint density at radius 1 is 1.17 bits per heavy atom. The molecule has 6 nitrogen and oxygen atoms in total. The summed E-state index contributed by atoms with van der Waals surface area (Å²) >= 11 is 0. The number of β-amino-alcohol motifs (C(OH)–C–C–N with tert-alkyl or cyclic N) is 1. The minimum Gasteiger partial charge on any atom is -0.387 e. The van der Waals surface area contributed by atoms with Crippen LogP contribution in [0.4, 0.5) is 4.39 Å². The molecule has 2 aliphatic heterocycles. The molecule has 1 aromatic rings. The van der Waals surface area contributed by atoms with Crippen LogP contribution in [0.3, 0.4) is 0 Å². The van der Waals surface area contributed by atoms with Gasteiger partial charge in [-0.25, -0.2) is 12.8 Å². The maximum Gasteiger partial charge on any atom is 0.246 e. The number of benzene rings is 1. The molecule has 0 amide bonds. The molecule has 0 saturated carbocycles. The molecule has 3 rings (SSSR count). The SMILES string of the molecule is CN1CCN(C[C@]2(O)CCN(S(=O)(=O)c3ccccc3F)C2)CC1. The molecule has 0 aromatic heterocycles. The van der Waals surface area contributed by atoms with Gasteiger partial charge in [-0.15, -0.1) is 0 Å². The summed E-state index contributed by atoms with van der Waals surface area (Å²) in [6.45, 7) is 4.26. The zero-order valence-corrected chi connectivity index (χ0v) is 14.7. The van der Waals surface area contributed by atoms with Crippen LogP contribution in [-0.4, -0.2) is 86.1 Å². The normalized spacial score (nSPS) is 27.6. The summed E-state index contributed by atoms with van der Waals surface area (Å²) in [7, 11) is -1.86. The van der Waals surface area contributed by atoms with Crippen molar-refractivity contribution in [3.05, 3.63) is 30.1 Å². The van der Waals surface area contributed by atoms with E-state index in [0.717, 1.165) is 32.2 Å². The van der Waals surface area contributed by atoms with Crippen LogP contribution in [0.5, 0.6) is 0 Å². The molecule has 24 heavy (non-hydrogen) atoms. The standard InChI is InChI=1S/C16H24FN3O3S/c1-18-8-10-19(11-9-18)12-16(21)6-7-20(13-16)24(22,23)15-5-3-2-4-14(15)17/h2-5,21H,6-13H2,1H3/t16-/m1/s1. The van der Waals surface area contributed by atoms with Gasteiger partial charge in [0.2, 0.25) is 10.0 Å². The van der Waals surface area contributed by atoms with Crippen molar-refractivity contribution in [2.75, 3.05) is 52.9 Å². The van der Waals surface area contributed by atoms with Crippen molar-refractivity contribution in [2.45, 2.75) is 16.9 Å². The quantitative estimate of drug-likeness (QED) is 0.834. The fraction of sp³-hybridized carbons (Fsp3) is 0.625. The Morgan fingerprint density at radius 3 is 2.50 bits per heavy atom. The molecule has 0 radical (unpaired) electrons. The Bertz CT molecular complexity index is 692. The highest BCUT2D eigenvalue weighted by atomic mass is 32.2. The largest absolute Gasteiger partial charge is 0.387 e. The van der Waals surface area contributed by atoms with Crippen LogP contribution >= 0.6 is 0 Å². The first-order valence-electron chi connectivity index (χ1n) is 8.18. The van der Waals surface area contributed by atoms with Gasteiger partial charge in [-0.05, 0) is 25.6 Å². The van der Waals surface area contributed by atoms with E-state index < -0.39 is 21.4 Å². The fourth-order valence-corrected chi connectivity index (χ4v) is 4.95. The number of sulfonamides is 1. The number of likely N-dealkylation sites (N-methyl/N-ethyl adjacent to an activating group) is 1. The van der Waals surface area contributed by atoms with Crippen molar-refractivity contribution in [1.29, 1.82) is 0 Å². The molecular weight excluding hydrogens is 333 g/mol. The predicted molar refractivity (Wildman–Crippen MR) is 88.7 cm³/mol. The van der Waals surface area contributed by atoms with Crippen molar-refractivity contribution < 1.29 is 17.9 Å². The number of rotatable bonds is 4. The number of halogens is 1. The fourth-order valence-electron chi connectivity index (χ4n) is 3.37. The van der Waals surface area contributed by atoms with Gasteiger partial charge in [0.15, 0.2) is 0 Å². The van der Waals surface area contributed by atoms with Crippen molar-refractivity contribution in [3.8, 4) is 0 Å². The molecule has 2 aliphatic rings. The summed E-state index contributed by atoms with van der Waals surface area (Å²) in [5, 5.41) is 10.8. The zero-order chi connectivity index (χ0) is 17.4. The van der Waals surface area contributed by atoms with E-state index in [1.165, 1.54) is 22.5 Å². The molecule has 0 aliphatic carbocycles. The third-order valence-corrected chi connectivity index (χ3v) is 6.74. The van der Waals surface area contributed by atoms with E-state index in [4.69, 9.17) is 0 Å². The van der Waals surface area contributed by atoms with Crippen molar-refractivity contribution in [2.24, 2.45) is 0 Å². The molecule has 8 heteroatoms. The minimum atomic E-state index is -3.92. The molecule has 2 heterocycles. The van der Waals surface area contributed by atoms with Gasteiger partial charge in [-0.1, -0.05) is 12.1 Å². The molecular formula is C16H24FN3O3S. The first kappa shape index (κ1) is 17.8. The summed E-state index contributed by atoms with van der Waals surface area (Å²) < 4.78 is 40.3. The van der Waals surface area contributed by atoms with Crippen LogP contribution in [0.1, 0.15) is 6.42 Å². The van der Waals surface area contributed by atoms with Crippen molar-refractivity contribution in [3.63, 3.8) is 0 Å². The third kappa shape index (κ3) is 3.62. The van der Waals surface area contributed by atoms with E-state index >= 15 is 0 Å². The van der Waals surface area contributed by atoms with Crippen LogP contribution in [0.25, 0.3) is 0 Å². The number of aliphatic hydroxyl groups is 1. The lowest BCUT2D eigenvalue weighted by Crippen LogP contribution is -2.52. The number of piperazine rings is 1. The van der Waals surface area contributed by atoms with E-state index in [2.05, 4.69) is 16.8 Å². The Kier molecular flexibility index (Phi) is 4.94.